The summed E-state index contributed by atoms with van der Waals surface area (Å²) in [5.41, 5.74) is 2.17. The molecule has 0 unspecified atom stereocenters. The van der Waals surface area contributed by atoms with Gasteiger partial charge in [0.15, 0.2) is 0 Å². The van der Waals surface area contributed by atoms with Crippen LogP contribution in [0.4, 0.5) is 5.69 Å². The highest BCUT2D eigenvalue weighted by Crippen LogP contribution is 2.30. The first-order chi connectivity index (χ1) is 22.5. The van der Waals surface area contributed by atoms with Gasteiger partial charge in [-0.25, -0.2) is 4.79 Å². The van der Waals surface area contributed by atoms with Gasteiger partial charge in [-0.2, -0.15) is 0 Å². The van der Waals surface area contributed by atoms with E-state index in [1.54, 1.807) is 35.2 Å². The van der Waals surface area contributed by atoms with Crippen molar-refractivity contribution in [3.8, 4) is 5.75 Å². The van der Waals surface area contributed by atoms with Crippen molar-refractivity contribution in [1.82, 2.24) is 9.80 Å². The zero-order chi connectivity index (χ0) is 33.9. The molecule has 0 radical (unpaired) electrons. The van der Waals surface area contributed by atoms with Crippen molar-refractivity contribution in [1.29, 1.82) is 0 Å². The van der Waals surface area contributed by atoms with Gasteiger partial charge in [0.1, 0.15) is 5.75 Å². The molecule has 258 valence electrons. The highest BCUT2D eigenvalue weighted by Gasteiger charge is 2.31. The number of carboxylic acid groups (broad SMARTS) is 1. The molecular weight excluding hydrogens is 598 g/mol. The summed E-state index contributed by atoms with van der Waals surface area (Å²) in [5, 5.41) is 22.5. The molecule has 4 atom stereocenters. The molecule has 0 aromatic heterocycles. The number of aliphatic hydroxyl groups excluding tert-OH is 1. The van der Waals surface area contributed by atoms with Gasteiger partial charge in [-0.05, 0) is 88.9 Å². The van der Waals surface area contributed by atoms with Crippen LogP contribution < -0.4 is 10.1 Å². The minimum atomic E-state index is -0.952. The molecule has 47 heavy (non-hydrogen) atoms. The first-order valence-electron chi connectivity index (χ1n) is 17.2. The maximum Gasteiger partial charge on any atom is 0.335 e. The van der Waals surface area contributed by atoms with E-state index in [4.69, 9.17) is 9.47 Å². The van der Waals surface area contributed by atoms with Crippen LogP contribution in [0.3, 0.4) is 0 Å². The largest absolute Gasteiger partial charge is 0.490 e. The number of carbonyl (C=O) groups excluding carboxylic acids is 2. The van der Waals surface area contributed by atoms with Crippen molar-refractivity contribution in [2.24, 2.45) is 11.8 Å². The minimum absolute atomic E-state index is 0.0107. The molecule has 1 heterocycles. The molecule has 2 amide bonds. The van der Waals surface area contributed by atoms with Crippen LogP contribution in [0.2, 0.25) is 0 Å². The van der Waals surface area contributed by atoms with Crippen LogP contribution in [0, 0.1) is 11.8 Å². The molecule has 1 fully saturated rings. The molecule has 1 saturated carbocycles. The highest BCUT2D eigenvalue weighted by atomic mass is 16.5. The van der Waals surface area contributed by atoms with Gasteiger partial charge in [-0.15, -0.1) is 0 Å². The van der Waals surface area contributed by atoms with Crippen LogP contribution >= 0.6 is 0 Å². The lowest BCUT2D eigenvalue weighted by Crippen LogP contribution is -2.47. The Bertz CT molecular complexity index is 1330. The van der Waals surface area contributed by atoms with Crippen LogP contribution in [-0.4, -0.2) is 89.4 Å². The Morgan fingerprint density at radius 1 is 1.02 bits per heavy atom. The summed E-state index contributed by atoms with van der Waals surface area (Å²) in [6, 6.07) is 11.7. The number of carbonyl (C=O) groups is 3. The third-order valence-corrected chi connectivity index (χ3v) is 9.44. The summed E-state index contributed by atoms with van der Waals surface area (Å²) in [6.07, 6.45) is 7.26. The zero-order valence-electron chi connectivity index (χ0n) is 28.5. The molecule has 1 aliphatic carbocycles. The molecular formula is C37H53N3O7. The number of aliphatic hydroxyl groups is 1. The van der Waals surface area contributed by atoms with Gasteiger partial charge >= 0.3 is 5.97 Å². The Labute approximate surface area is 279 Å². The van der Waals surface area contributed by atoms with E-state index in [0.717, 1.165) is 56.9 Å². The van der Waals surface area contributed by atoms with E-state index in [1.165, 1.54) is 0 Å². The van der Waals surface area contributed by atoms with E-state index in [1.807, 2.05) is 33.0 Å². The van der Waals surface area contributed by atoms with Crippen LogP contribution in [0.25, 0.3) is 0 Å². The average molecular weight is 652 g/mol. The number of benzene rings is 2. The van der Waals surface area contributed by atoms with E-state index in [2.05, 4.69) is 17.1 Å². The average Bonchev–Trinajstić information content (AvgIpc) is 3.06. The summed E-state index contributed by atoms with van der Waals surface area (Å²) in [4.78, 5) is 42.6. The quantitative estimate of drug-likeness (QED) is 0.309. The van der Waals surface area contributed by atoms with E-state index < -0.39 is 12.0 Å². The third kappa shape index (κ3) is 10.5. The lowest BCUT2D eigenvalue weighted by Gasteiger charge is -2.36. The zero-order valence-corrected chi connectivity index (χ0v) is 28.5. The molecule has 3 N–H and O–H groups in total. The normalized spacial score (nSPS) is 22.6. The summed E-state index contributed by atoms with van der Waals surface area (Å²) in [7, 11) is 2.00. The van der Waals surface area contributed by atoms with Crippen LogP contribution in [-0.2, 0) is 16.1 Å². The molecule has 2 aliphatic rings. The summed E-state index contributed by atoms with van der Waals surface area (Å²) in [5.74, 6) is -0.854. The Kier molecular flexibility index (Phi) is 13.6. The van der Waals surface area contributed by atoms with Crippen molar-refractivity contribution in [3.05, 3.63) is 59.2 Å². The fourth-order valence-electron chi connectivity index (χ4n) is 6.51. The first-order valence-corrected chi connectivity index (χ1v) is 17.2. The molecule has 2 aromatic carbocycles. The molecule has 2 aromatic rings. The van der Waals surface area contributed by atoms with Gasteiger partial charge in [-0.3, -0.25) is 14.5 Å². The lowest BCUT2D eigenvalue weighted by molar-refractivity contribution is -0.120. The van der Waals surface area contributed by atoms with Crippen molar-refractivity contribution in [2.75, 3.05) is 38.7 Å². The first kappa shape index (κ1) is 36.4. The van der Waals surface area contributed by atoms with Gasteiger partial charge < -0.3 is 29.9 Å². The third-order valence-electron chi connectivity index (χ3n) is 9.44. The van der Waals surface area contributed by atoms with Crippen LogP contribution in [0.1, 0.15) is 98.4 Å². The Morgan fingerprint density at radius 3 is 2.40 bits per heavy atom. The number of nitrogens with one attached hydrogen (secondary N) is 1. The van der Waals surface area contributed by atoms with Gasteiger partial charge in [0.05, 0.1) is 36.0 Å². The maximum atomic E-state index is 14.4. The number of fused-ring (bicyclic) bond motifs is 1. The summed E-state index contributed by atoms with van der Waals surface area (Å²) in [6.45, 7) is 7.82. The van der Waals surface area contributed by atoms with Gasteiger partial charge in [-0.1, -0.05) is 38.3 Å². The SMILES string of the molecule is C[C@@H]1CCCCO[C@@H](CN(C)Cc2ccc(C(=O)O)cc2)[C@H](C)CN([C@H](C)CO)C(=O)c2cc(NC(=O)C3CCCCC3)ccc2O1. The Hall–Kier alpha value is -3.47. The molecule has 1 aliphatic heterocycles. The fourth-order valence-corrected chi connectivity index (χ4v) is 6.51. The van der Waals surface area contributed by atoms with Gasteiger partial charge in [0.2, 0.25) is 5.91 Å². The monoisotopic (exact) mass is 651 g/mol. The second-order valence-corrected chi connectivity index (χ2v) is 13.5. The molecule has 0 saturated heterocycles. The Balaban J connectivity index is 1.57. The number of ether oxygens (including phenoxy) is 2. The number of likely N-dealkylation sites (N-methyl/N-ethyl adjacent to an activating group) is 1. The Morgan fingerprint density at radius 2 is 1.72 bits per heavy atom. The number of amides is 2. The van der Waals surface area contributed by atoms with Crippen molar-refractivity contribution in [2.45, 2.75) is 96.9 Å². The number of nitrogens with zero attached hydrogens (tertiary/aromatic N) is 2. The molecule has 0 spiro atoms. The second kappa shape index (κ2) is 17.6. The van der Waals surface area contributed by atoms with Gasteiger partial charge in [0, 0.05) is 43.8 Å². The number of anilines is 1. The number of hydrogen-bond donors (Lipinski definition) is 3. The molecule has 10 heteroatoms. The van der Waals surface area contributed by atoms with Gasteiger partial charge in [0.25, 0.3) is 5.91 Å². The second-order valence-electron chi connectivity index (χ2n) is 13.5. The van der Waals surface area contributed by atoms with E-state index >= 15 is 0 Å². The minimum Gasteiger partial charge on any atom is -0.490 e. The fraction of sp³-hybridized carbons (Fsp3) is 0.595. The maximum absolute atomic E-state index is 14.4. The predicted octanol–water partition coefficient (Wildman–Crippen LogP) is 5.83. The van der Waals surface area contributed by atoms with E-state index in [-0.39, 0.29) is 48.0 Å². The van der Waals surface area contributed by atoms with Crippen molar-refractivity contribution in [3.63, 3.8) is 0 Å². The standard InChI is InChI=1S/C37H53N3O7/c1-25-21-40(26(2)24-41)36(43)32-20-31(38-35(42)29-11-6-5-7-12-29)17-18-33(32)47-27(3)10-8-9-19-46-34(25)23-39(4)22-28-13-15-30(16-14-28)37(44)45/h13-18,20,25-27,29,34,41H,5-12,19,21-24H2,1-4H3,(H,38,42)(H,44,45)/t25-,26-,27-,34+/m1/s1. The lowest BCUT2D eigenvalue weighted by atomic mass is 9.88. The van der Waals surface area contributed by atoms with Crippen molar-refractivity contribution >= 4 is 23.5 Å². The molecule has 4 rings (SSSR count). The van der Waals surface area contributed by atoms with Crippen LogP contribution in [0.15, 0.2) is 42.5 Å². The number of rotatable bonds is 9. The molecule has 0 bridgehead atoms. The predicted molar refractivity (Wildman–Crippen MR) is 182 cm³/mol. The topological polar surface area (TPSA) is 129 Å². The number of aromatic carboxylic acids is 1. The summed E-state index contributed by atoms with van der Waals surface area (Å²) < 4.78 is 12.8. The molecule has 10 nitrogen and oxygen atoms in total. The number of carboxylic acids is 1. The number of hydrogen-bond acceptors (Lipinski definition) is 7. The van der Waals surface area contributed by atoms with E-state index in [0.29, 0.717) is 43.2 Å². The van der Waals surface area contributed by atoms with Crippen LogP contribution in [0.5, 0.6) is 5.75 Å². The smallest absolute Gasteiger partial charge is 0.335 e. The van der Waals surface area contributed by atoms with Crippen molar-refractivity contribution < 1.29 is 34.1 Å². The summed E-state index contributed by atoms with van der Waals surface area (Å²) >= 11 is 0. The van der Waals surface area contributed by atoms with E-state index in [9.17, 15) is 24.6 Å². The highest BCUT2D eigenvalue weighted by molar-refractivity contribution is 6.00.